The molecule has 1 aliphatic heterocycles. The number of nitrogens with two attached hydrogens (primary N) is 1. The van der Waals surface area contributed by atoms with E-state index >= 15 is 0 Å². The molecular weight excluding hydrogens is 350 g/mol. The quantitative estimate of drug-likeness (QED) is 0.585. The van der Waals surface area contributed by atoms with Crippen LogP contribution in [0.3, 0.4) is 0 Å². The summed E-state index contributed by atoms with van der Waals surface area (Å²) in [5.74, 6) is 1.34. The van der Waals surface area contributed by atoms with Crippen molar-refractivity contribution in [2.45, 2.75) is 38.5 Å². The minimum Gasteiger partial charge on any atom is -0.496 e. The van der Waals surface area contributed by atoms with E-state index in [9.17, 15) is 0 Å². The van der Waals surface area contributed by atoms with Gasteiger partial charge in [0.25, 0.3) is 0 Å². The number of ether oxygens (including phenoxy) is 2. The van der Waals surface area contributed by atoms with Crippen LogP contribution in [0.4, 0.5) is 5.69 Å². The number of benzene rings is 2. The molecule has 0 aliphatic carbocycles. The summed E-state index contributed by atoms with van der Waals surface area (Å²) in [5.41, 5.74) is 10.7. The van der Waals surface area contributed by atoms with Crippen LogP contribution in [-0.2, 0) is 16.6 Å². The van der Waals surface area contributed by atoms with Crippen LogP contribution >= 0.6 is 0 Å². The van der Waals surface area contributed by atoms with Crippen LogP contribution in [0.15, 0.2) is 47.5 Å². The molecule has 0 unspecified atom stereocenters. The van der Waals surface area contributed by atoms with Gasteiger partial charge in [-0.2, -0.15) is 0 Å². The lowest BCUT2D eigenvalue weighted by Crippen LogP contribution is -2.38. The maximum absolute atomic E-state index is 6.21. The van der Waals surface area contributed by atoms with Crippen molar-refractivity contribution in [3.05, 3.63) is 59.2 Å². The molecule has 0 atom stereocenters. The van der Waals surface area contributed by atoms with E-state index in [0.717, 1.165) is 43.9 Å². The molecule has 3 rings (SSSR count). The maximum atomic E-state index is 6.21. The third-order valence-corrected chi connectivity index (χ3v) is 5.56. The minimum atomic E-state index is -0.131. The summed E-state index contributed by atoms with van der Waals surface area (Å²) < 4.78 is 11.3. The Balaban J connectivity index is 1.82. The van der Waals surface area contributed by atoms with Crippen LogP contribution in [0.25, 0.3) is 0 Å². The Morgan fingerprint density at radius 3 is 2.54 bits per heavy atom. The van der Waals surface area contributed by atoms with Gasteiger partial charge in [-0.15, -0.1) is 0 Å². The fraction of sp³-hybridized carbons (Fsp3) is 0.435. The summed E-state index contributed by atoms with van der Waals surface area (Å²) in [5, 5.41) is 3.21. The number of guanidine groups is 1. The van der Waals surface area contributed by atoms with Gasteiger partial charge in [0.15, 0.2) is 5.96 Å². The first-order chi connectivity index (χ1) is 13.6. The smallest absolute Gasteiger partial charge is 0.193 e. The molecule has 2 aromatic rings. The van der Waals surface area contributed by atoms with Crippen molar-refractivity contribution in [2.75, 3.05) is 32.2 Å². The van der Waals surface area contributed by atoms with Crippen LogP contribution in [0.2, 0.25) is 0 Å². The van der Waals surface area contributed by atoms with Gasteiger partial charge in [-0.25, -0.2) is 0 Å². The van der Waals surface area contributed by atoms with E-state index in [1.165, 1.54) is 16.7 Å². The number of nitrogens with one attached hydrogen (secondary N) is 1. The SMILES string of the molecule is CCc1ccc(NC(N)=NCC2(c3cc(C)ccc3OC)CCOCC2)cc1. The first-order valence-corrected chi connectivity index (χ1v) is 9.95. The summed E-state index contributed by atoms with van der Waals surface area (Å²) in [4.78, 5) is 4.71. The van der Waals surface area contributed by atoms with Gasteiger partial charge in [0, 0.05) is 29.9 Å². The lowest BCUT2D eigenvalue weighted by molar-refractivity contribution is 0.0523. The molecule has 2 aromatic carbocycles. The number of anilines is 1. The second kappa shape index (κ2) is 9.11. The van der Waals surface area contributed by atoms with Crippen molar-refractivity contribution in [2.24, 2.45) is 10.7 Å². The fourth-order valence-corrected chi connectivity index (χ4v) is 3.76. The van der Waals surface area contributed by atoms with Crippen molar-refractivity contribution >= 4 is 11.6 Å². The Bertz CT molecular complexity index is 809. The number of hydrogen-bond donors (Lipinski definition) is 2. The zero-order valence-electron chi connectivity index (χ0n) is 17.1. The predicted molar refractivity (Wildman–Crippen MR) is 115 cm³/mol. The van der Waals surface area contributed by atoms with E-state index in [2.05, 4.69) is 43.4 Å². The lowest BCUT2D eigenvalue weighted by Gasteiger charge is -2.37. The monoisotopic (exact) mass is 381 g/mol. The highest BCUT2D eigenvalue weighted by molar-refractivity contribution is 5.92. The van der Waals surface area contributed by atoms with E-state index < -0.39 is 0 Å². The number of methoxy groups -OCH3 is 1. The van der Waals surface area contributed by atoms with Crippen LogP contribution < -0.4 is 15.8 Å². The van der Waals surface area contributed by atoms with Gasteiger partial charge in [-0.05, 0) is 49.9 Å². The molecule has 0 saturated carbocycles. The van der Waals surface area contributed by atoms with Crippen LogP contribution in [0, 0.1) is 6.92 Å². The van der Waals surface area contributed by atoms with Crippen molar-refractivity contribution in [1.82, 2.24) is 0 Å². The molecule has 3 N–H and O–H groups in total. The standard InChI is InChI=1S/C23H31N3O2/c1-4-18-6-8-19(9-7-18)26-22(24)25-16-23(11-13-28-14-12-23)20-15-17(2)5-10-21(20)27-3/h5-10,15H,4,11-14,16H2,1-3H3,(H3,24,25,26). The topological polar surface area (TPSA) is 68.9 Å². The highest BCUT2D eigenvalue weighted by atomic mass is 16.5. The fourth-order valence-electron chi connectivity index (χ4n) is 3.76. The molecule has 0 amide bonds. The van der Waals surface area contributed by atoms with Gasteiger partial charge in [-0.1, -0.05) is 36.8 Å². The van der Waals surface area contributed by atoms with E-state index in [1.54, 1.807) is 7.11 Å². The number of rotatable bonds is 6. The number of aryl methyl sites for hydroxylation is 2. The van der Waals surface area contributed by atoms with Gasteiger partial charge in [-0.3, -0.25) is 4.99 Å². The van der Waals surface area contributed by atoms with Gasteiger partial charge >= 0.3 is 0 Å². The molecular formula is C23H31N3O2. The van der Waals surface area contributed by atoms with E-state index in [4.69, 9.17) is 20.2 Å². The Morgan fingerprint density at radius 1 is 1.18 bits per heavy atom. The molecule has 0 aromatic heterocycles. The van der Waals surface area contributed by atoms with E-state index in [1.807, 2.05) is 18.2 Å². The van der Waals surface area contributed by atoms with Gasteiger partial charge < -0.3 is 20.5 Å². The second-order valence-electron chi connectivity index (χ2n) is 7.47. The summed E-state index contributed by atoms with van der Waals surface area (Å²) >= 11 is 0. The van der Waals surface area contributed by atoms with E-state index in [0.29, 0.717) is 12.5 Å². The highest BCUT2D eigenvalue weighted by Gasteiger charge is 2.37. The Kier molecular flexibility index (Phi) is 6.57. The third kappa shape index (κ3) is 4.65. The Labute approximate surface area is 168 Å². The van der Waals surface area contributed by atoms with Gasteiger partial charge in [0.2, 0.25) is 0 Å². The van der Waals surface area contributed by atoms with Crippen LogP contribution in [-0.4, -0.2) is 32.8 Å². The third-order valence-electron chi connectivity index (χ3n) is 5.56. The molecule has 150 valence electrons. The Hall–Kier alpha value is -2.53. The molecule has 1 aliphatic rings. The molecule has 1 fully saturated rings. The average Bonchev–Trinajstić information content (AvgIpc) is 2.73. The first-order valence-electron chi connectivity index (χ1n) is 9.95. The zero-order valence-corrected chi connectivity index (χ0v) is 17.1. The van der Waals surface area contributed by atoms with Gasteiger partial charge in [0.1, 0.15) is 5.75 Å². The summed E-state index contributed by atoms with van der Waals surface area (Å²) in [6.45, 7) is 6.29. The normalized spacial score (nSPS) is 16.6. The van der Waals surface area contributed by atoms with E-state index in [-0.39, 0.29) is 5.41 Å². The maximum Gasteiger partial charge on any atom is 0.193 e. The Morgan fingerprint density at radius 2 is 1.89 bits per heavy atom. The number of nitrogens with zero attached hydrogens (tertiary/aromatic N) is 1. The number of aliphatic imine (C=N–C) groups is 1. The average molecular weight is 382 g/mol. The molecule has 0 bridgehead atoms. The van der Waals surface area contributed by atoms with Crippen LogP contribution in [0.1, 0.15) is 36.5 Å². The van der Waals surface area contributed by atoms with Crippen molar-refractivity contribution in [3.63, 3.8) is 0 Å². The summed E-state index contributed by atoms with van der Waals surface area (Å²) in [6, 6.07) is 14.6. The van der Waals surface area contributed by atoms with Crippen LogP contribution in [0.5, 0.6) is 5.75 Å². The highest BCUT2D eigenvalue weighted by Crippen LogP contribution is 2.40. The lowest BCUT2D eigenvalue weighted by atomic mass is 9.73. The van der Waals surface area contributed by atoms with Crippen molar-refractivity contribution in [3.8, 4) is 5.75 Å². The molecule has 0 spiro atoms. The second-order valence-corrected chi connectivity index (χ2v) is 7.47. The molecule has 5 heteroatoms. The first kappa shape index (κ1) is 20.2. The number of hydrogen-bond acceptors (Lipinski definition) is 3. The van der Waals surface area contributed by atoms with Gasteiger partial charge in [0.05, 0.1) is 13.7 Å². The van der Waals surface area contributed by atoms with Crippen molar-refractivity contribution in [1.29, 1.82) is 0 Å². The zero-order chi connectivity index (χ0) is 20.0. The molecule has 28 heavy (non-hydrogen) atoms. The summed E-state index contributed by atoms with van der Waals surface area (Å²) in [7, 11) is 1.72. The molecule has 0 radical (unpaired) electrons. The molecule has 1 heterocycles. The largest absolute Gasteiger partial charge is 0.496 e. The summed E-state index contributed by atoms with van der Waals surface area (Å²) in [6.07, 6.45) is 2.82. The molecule has 5 nitrogen and oxygen atoms in total. The van der Waals surface area contributed by atoms with Crippen molar-refractivity contribution < 1.29 is 9.47 Å². The predicted octanol–water partition coefficient (Wildman–Crippen LogP) is 4.04. The molecule has 1 saturated heterocycles. The minimum absolute atomic E-state index is 0.131.